The van der Waals surface area contributed by atoms with Gasteiger partial charge in [-0.3, -0.25) is 4.79 Å². The van der Waals surface area contributed by atoms with Gasteiger partial charge in [0, 0.05) is 5.56 Å². The Morgan fingerprint density at radius 1 is 1.22 bits per heavy atom. The number of hydrogen-bond acceptors (Lipinski definition) is 4. The van der Waals surface area contributed by atoms with Crippen molar-refractivity contribution in [1.82, 2.24) is 0 Å². The molecule has 1 aliphatic rings. The Hall–Kier alpha value is -2.65. The lowest BCUT2D eigenvalue weighted by molar-refractivity contribution is 0.103. The summed E-state index contributed by atoms with van der Waals surface area (Å²) >= 11 is 3.07. The molecule has 0 N–H and O–H groups in total. The van der Waals surface area contributed by atoms with E-state index in [-0.39, 0.29) is 16.8 Å². The van der Waals surface area contributed by atoms with Gasteiger partial charge in [-0.1, -0.05) is 6.07 Å². The van der Waals surface area contributed by atoms with Crippen LogP contribution in [0, 0.1) is 17.1 Å². The van der Waals surface area contributed by atoms with E-state index in [1.807, 2.05) is 6.07 Å². The molecule has 0 bridgehead atoms. The Bertz CT molecular complexity index is 871. The van der Waals surface area contributed by atoms with Gasteiger partial charge in [0.05, 0.1) is 4.47 Å². The van der Waals surface area contributed by atoms with Crippen LogP contribution >= 0.6 is 15.9 Å². The van der Waals surface area contributed by atoms with Gasteiger partial charge in [-0.05, 0) is 57.9 Å². The lowest BCUT2D eigenvalue weighted by Gasteiger charge is -2.02. The number of hydrogen-bond donors (Lipinski definition) is 0. The Labute approximate surface area is 139 Å². The maximum atomic E-state index is 13.2. The molecule has 2 aromatic rings. The van der Waals surface area contributed by atoms with Crippen LogP contribution in [0.5, 0.6) is 11.5 Å². The molecule has 1 aliphatic heterocycles. The zero-order valence-electron chi connectivity index (χ0n) is 11.7. The van der Waals surface area contributed by atoms with Crippen molar-refractivity contribution >= 4 is 27.8 Å². The molecule has 23 heavy (non-hydrogen) atoms. The van der Waals surface area contributed by atoms with Crippen LogP contribution in [0.1, 0.15) is 15.9 Å². The van der Waals surface area contributed by atoms with E-state index >= 15 is 0 Å². The number of carbonyl (C=O) groups is 1. The molecule has 0 atom stereocenters. The summed E-state index contributed by atoms with van der Waals surface area (Å²) in [4.78, 5) is 12.5. The molecule has 2 aromatic carbocycles. The minimum atomic E-state index is -0.439. The van der Waals surface area contributed by atoms with E-state index in [2.05, 4.69) is 15.9 Å². The molecule has 114 valence electrons. The predicted octanol–water partition coefficient (Wildman–Crippen LogP) is 4.11. The second-order valence-corrected chi connectivity index (χ2v) is 5.59. The summed E-state index contributed by atoms with van der Waals surface area (Å²) in [5.74, 6) is 0.179. The van der Waals surface area contributed by atoms with Gasteiger partial charge in [0.2, 0.25) is 12.6 Å². The van der Waals surface area contributed by atoms with Gasteiger partial charge in [-0.2, -0.15) is 5.26 Å². The first-order chi connectivity index (χ1) is 11.1. The molecule has 6 heteroatoms. The predicted molar refractivity (Wildman–Crippen MR) is 84.6 cm³/mol. The van der Waals surface area contributed by atoms with Crippen molar-refractivity contribution in [2.75, 3.05) is 6.79 Å². The highest BCUT2D eigenvalue weighted by Gasteiger charge is 2.18. The highest BCUT2D eigenvalue weighted by molar-refractivity contribution is 9.10. The number of rotatable bonds is 3. The van der Waals surface area contributed by atoms with Crippen LogP contribution in [0.15, 0.2) is 46.4 Å². The van der Waals surface area contributed by atoms with Gasteiger partial charge in [0.15, 0.2) is 11.5 Å². The van der Waals surface area contributed by atoms with Gasteiger partial charge < -0.3 is 9.47 Å². The number of ether oxygens (including phenoxy) is 2. The van der Waals surface area contributed by atoms with E-state index in [0.29, 0.717) is 22.6 Å². The first-order valence-electron chi connectivity index (χ1n) is 6.59. The third-order valence-corrected chi connectivity index (χ3v) is 3.86. The molecule has 0 fully saturated rings. The summed E-state index contributed by atoms with van der Waals surface area (Å²) in [6, 6.07) is 10.9. The number of benzene rings is 2. The largest absolute Gasteiger partial charge is 0.454 e. The van der Waals surface area contributed by atoms with Crippen LogP contribution < -0.4 is 9.47 Å². The van der Waals surface area contributed by atoms with Crippen molar-refractivity contribution in [2.45, 2.75) is 0 Å². The van der Waals surface area contributed by atoms with E-state index in [9.17, 15) is 14.4 Å². The average Bonchev–Trinajstić information content (AvgIpc) is 3.02. The van der Waals surface area contributed by atoms with E-state index in [1.54, 1.807) is 12.1 Å². The molecule has 0 amide bonds. The van der Waals surface area contributed by atoms with Gasteiger partial charge in [0.1, 0.15) is 17.5 Å². The number of nitrogens with zero attached hydrogens (tertiary/aromatic N) is 1. The fraction of sp³-hybridized carbons (Fsp3) is 0.0588. The van der Waals surface area contributed by atoms with Crippen LogP contribution in [0.2, 0.25) is 0 Å². The SMILES string of the molecule is N#C/C(=C\c1ccc(F)c(Br)c1)C(=O)c1ccc2c(c1)OCO2. The summed E-state index contributed by atoms with van der Waals surface area (Å²) in [7, 11) is 0. The lowest BCUT2D eigenvalue weighted by Crippen LogP contribution is -2.02. The van der Waals surface area contributed by atoms with Crippen molar-refractivity contribution in [2.24, 2.45) is 0 Å². The maximum Gasteiger partial charge on any atom is 0.231 e. The van der Waals surface area contributed by atoms with Crippen molar-refractivity contribution in [3.05, 3.63) is 63.4 Å². The summed E-state index contributed by atoms with van der Waals surface area (Å²) in [5, 5.41) is 9.26. The Morgan fingerprint density at radius 3 is 2.74 bits per heavy atom. The summed E-state index contributed by atoms with van der Waals surface area (Å²) in [5.41, 5.74) is 0.814. The molecule has 0 radical (unpaired) electrons. The summed E-state index contributed by atoms with van der Waals surface area (Å²) in [6.07, 6.45) is 1.41. The lowest BCUT2D eigenvalue weighted by atomic mass is 10.0. The van der Waals surface area contributed by atoms with Crippen LogP contribution in [0.25, 0.3) is 6.08 Å². The zero-order chi connectivity index (χ0) is 16.4. The summed E-state index contributed by atoms with van der Waals surface area (Å²) < 4.78 is 23.9. The van der Waals surface area contributed by atoms with Crippen molar-refractivity contribution in [3.8, 4) is 17.6 Å². The van der Waals surface area contributed by atoms with E-state index in [0.717, 1.165) is 0 Å². The van der Waals surface area contributed by atoms with Crippen LogP contribution in [-0.4, -0.2) is 12.6 Å². The smallest absolute Gasteiger partial charge is 0.231 e. The third kappa shape index (κ3) is 3.10. The third-order valence-electron chi connectivity index (χ3n) is 3.25. The molecule has 4 nitrogen and oxygen atoms in total. The fourth-order valence-corrected chi connectivity index (χ4v) is 2.51. The van der Waals surface area contributed by atoms with Gasteiger partial charge in [-0.15, -0.1) is 0 Å². The first kappa shape index (κ1) is 15.3. The molecular weight excluding hydrogens is 365 g/mol. The zero-order valence-corrected chi connectivity index (χ0v) is 13.3. The topological polar surface area (TPSA) is 59.3 Å². The van der Waals surface area contributed by atoms with Crippen molar-refractivity contribution < 1.29 is 18.7 Å². The van der Waals surface area contributed by atoms with Crippen molar-refractivity contribution in [1.29, 1.82) is 5.26 Å². The van der Waals surface area contributed by atoms with Gasteiger partial charge >= 0.3 is 0 Å². The Kier molecular flexibility index (Phi) is 4.13. The van der Waals surface area contributed by atoms with Gasteiger partial charge in [-0.25, -0.2) is 4.39 Å². The van der Waals surface area contributed by atoms with Gasteiger partial charge in [0.25, 0.3) is 0 Å². The number of halogens is 2. The van der Waals surface area contributed by atoms with Crippen LogP contribution in [-0.2, 0) is 0 Å². The normalized spacial score (nSPS) is 12.8. The molecule has 0 unspecified atom stereocenters. The molecular formula is C17H9BrFNO3. The Morgan fingerprint density at radius 2 is 2.00 bits per heavy atom. The van der Waals surface area contributed by atoms with E-state index in [4.69, 9.17) is 9.47 Å². The molecule has 0 saturated carbocycles. The molecule has 3 rings (SSSR count). The quantitative estimate of drug-likeness (QED) is 0.461. The number of Topliss-reactive ketones (excluding diaryl/α,β-unsaturated/α-hetero) is 1. The number of fused-ring (bicyclic) bond motifs is 1. The average molecular weight is 374 g/mol. The molecule has 0 aromatic heterocycles. The number of carbonyl (C=O) groups excluding carboxylic acids is 1. The summed E-state index contributed by atoms with van der Waals surface area (Å²) in [6.45, 7) is 0.109. The maximum absolute atomic E-state index is 13.2. The van der Waals surface area contributed by atoms with E-state index < -0.39 is 11.6 Å². The standard InChI is InChI=1S/C17H9BrFNO3/c18-13-6-10(1-3-14(13)19)5-12(8-20)17(21)11-2-4-15-16(7-11)23-9-22-15/h1-7H,9H2/b12-5+. The second kappa shape index (κ2) is 6.23. The van der Waals surface area contributed by atoms with Crippen LogP contribution in [0.4, 0.5) is 4.39 Å². The minimum absolute atomic E-state index is 0.0534. The van der Waals surface area contributed by atoms with Crippen LogP contribution in [0.3, 0.4) is 0 Å². The first-order valence-corrected chi connectivity index (χ1v) is 7.39. The Balaban J connectivity index is 1.94. The minimum Gasteiger partial charge on any atom is -0.454 e. The molecule has 0 saturated heterocycles. The number of nitriles is 1. The highest BCUT2D eigenvalue weighted by atomic mass is 79.9. The number of allylic oxidation sites excluding steroid dienone is 1. The second-order valence-electron chi connectivity index (χ2n) is 4.74. The fourth-order valence-electron chi connectivity index (χ4n) is 2.11. The highest BCUT2D eigenvalue weighted by Crippen LogP contribution is 2.33. The van der Waals surface area contributed by atoms with Crippen molar-refractivity contribution in [3.63, 3.8) is 0 Å². The number of ketones is 1. The molecule has 0 aliphatic carbocycles. The monoisotopic (exact) mass is 373 g/mol. The molecule has 0 spiro atoms. The van der Waals surface area contributed by atoms with E-state index in [1.165, 1.54) is 30.3 Å². The molecule has 1 heterocycles.